The molecule has 0 aliphatic carbocycles. The van der Waals surface area contributed by atoms with Crippen LogP contribution in [0, 0.1) is 6.92 Å². The van der Waals surface area contributed by atoms with E-state index in [2.05, 4.69) is 5.10 Å². The van der Waals surface area contributed by atoms with Gasteiger partial charge in [-0.05, 0) is 13.0 Å². The molecule has 0 unspecified atom stereocenters. The minimum absolute atomic E-state index is 0.0234. The summed E-state index contributed by atoms with van der Waals surface area (Å²) in [6.07, 6.45) is 0. The van der Waals surface area contributed by atoms with Gasteiger partial charge in [-0.2, -0.15) is 5.10 Å². The summed E-state index contributed by atoms with van der Waals surface area (Å²) in [6, 6.07) is 6.89. The number of hydrogen-bond donors (Lipinski definition) is 2. The van der Waals surface area contributed by atoms with E-state index in [0.717, 1.165) is 0 Å². The Morgan fingerprint density at radius 1 is 1.42 bits per heavy atom. The van der Waals surface area contributed by atoms with Crippen LogP contribution in [0.5, 0.6) is 11.6 Å². The molecule has 0 bridgehead atoms. The van der Waals surface area contributed by atoms with Gasteiger partial charge >= 0.3 is 5.97 Å². The van der Waals surface area contributed by atoms with Crippen molar-refractivity contribution in [1.29, 1.82) is 0 Å². The molecule has 0 aliphatic rings. The van der Waals surface area contributed by atoms with Crippen molar-refractivity contribution < 1.29 is 19.7 Å². The average Bonchev–Trinajstić information content (AvgIpc) is 2.65. The molecule has 2 N–H and O–H groups in total. The van der Waals surface area contributed by atoms with E-state index in [1.807, 2.05) is 0 Å². The molecular weight excluding hydrogens is 248 g/mol. The van der Waals surface area contributed by atoms with E-state index < -0.39 is 5.97 Å². The predicted octanol–water partition coefficient (Wildman–Crippen LogP) is 1.71. The van der Waals surface area contributed by atoms with Gasteiger partial charge in [0, 0.05) is 12.6 Å². The zero-order valence-corrected chi connectivity index (χ0v) is 10.6. The molecule has 0 fully saturated rings. The van der Waals surface area contributed by atoms with Gasteiger partial charge in [0.25, 0.3) is 0 Å². The average molecular weight is 262 g/mol. The van der Waals surface area contributed by atoms with Gasteiger partial charge in [-0.15, -0.1) is 0 Å². The lowest BCUT2D eigenvalue weighted by Gasteiger charge is -2.10. The second-order valence-corrected chi connectivity index (χ2v) is 4.06. The Hall–Kier alpha value is -2.34. The van der Waals surface area contributed by atoms with E-state index in [4.69, 9.17) is 4.74 Å². The van der Waals surface area contributed by atoms with Crippen LogP contribution in [0.2, 0.25) is 0 Å². The number of carbonyl (C=O) groups is 1. The summed E-state index contributed by atoms with van der Waals surface area (Å²) in [5.41, 5.74) is 0.986. The first kappa shape index (κ1) is 13.1. The maximum atomic E-state index is 11.2. The Morgan fingerprint density at radius 2 is 2.11 bits per heavy atom. The molecule has 0 spiro atoms. The fraction of sp³-hybridized carbons (Fsp3) is 0.231. The van der Waals surface area contributed by atoms with Crippen LogP contribution in [-0.4, -0.2) is 26.0 Å². The molecule has 0 radical (unpaired) electrons. The number of aliphatic hydroxyl groups excluding tert-OH is 1. The Kier molecular flexibility index (Phi) is 3.52. The van der Waals surface area contributed by atoms with Gasteiger partial charge in [0.1, 0.15) is 11.3 Å². The first-order chi connectivity index (χ1) is 9.04. The number of benzene rings is 1. The van der Waals surface area contributed by atoms with Crippen molar-refractivity contribution in [3.63, 3.8) is 0 Å². The minimum Gasteiger partial charge on any atom is -0.477 e. The van der Waals surface area contributed by atoms with Crippen molar-refractivity contribution in [2.24, 2.45) is 7.05 Å². The maximum Gasteiger partial charge on any atom is 0.343 e. The summed E-state index contributed by atoms with van der Waals surface area (Å²) in [6.45, 7) is 1.42. The zero-order chi connectivity index (χ0) is 14.0. The first-order valence-electron chi connectivity index (χ1n) is 5.68. The third kappa shape index (κ3) is 2.43. The molecule has 2 aromatic rings. The highest BCUT2D eigenvalue weighted by atomic mass is 16.5. The van der Waals surface area contributed by atoms with Crippen molar-refractivity contribution in [2.75, 3.05) is 0 Å². The molecule has 1 aromatic heterocycles. The van der Waals surface area contributed by atoms with E-state index in [9.17, 15) is 15.0 Å². The predicted molar refractivity (Wildman–Crippen MR) is 67.3 cm³/mol. The number of hydrogen-bond acceptors (Lipinski definition) is 4. The van der Waals surface area contributed by atoms with Crippen LogP contribution in [0.15, 0.2) is 24.3 Å². The number of ether oxygens (including phenoxy) is 1. The number of aryl methyl sites for hydroxylation is 2. The smallest absolute Gasteiger partial charge is 0.343 e. The van der Waals surface area contributed by atoms with Gasteiger partial charge in [-0.1, -0.05) is 18.2 Å². The monoisotopic (exact) mass is 262 g/mol. The van der Waals surface area contributed by atoms with Crippen LogP contribution >= 0.6 is 0 Å². The molecule has 0 atom stereocenters. The quantitative estimate of drug-likeness (QED) is 0.876. The number of aliphatic hydroxyl groups is 1. The summed E-state index contributed by atoms with van der Waals surface area (Å²) in [5, 5.41) is 22.4. The van der Waals surface area contributed by atoms with Gasteiger partial charge < -0.3 is 14.9 Å². The number of rotatable bonds is 4. The lowest BCUT2D eigenvalue weighted by molar-refractivity contribution is 0.0693. The van der Waals surface area contributed by atoms with Crippen molar-refractivity contribution in [2.45, 2.75) is 13.5 Å². The third-order valence-corrected chi connectivity index (χ3v) is 2.73. The molecule has 0 saturated carbocycles. The molecule has 0 aliphatic heterocycles. The molecule has 100 valence electrons. The Balaban J connectivity index is 2.46. The van der Waals surface area contributed by atoms with E-state index in [1.165, 1.54) is 4.68 Å². The fourth-order valence-electron chi connectivity index (χ4n) is 1.84. The number of carboxylic acids is 1. The zero-order valence-electron chi connectivity index (χ0n) is 10.6. The lowest BCUT2D eigenvalue weighted by Crippen LogP contribution is -2.03. The van der Waals surface area contributed by atoms with E-state index in [0.29, 0.717) is 17.0 Å². The summed E-state index contributed by atoms with van der Waals surface area (Å²) in [7, 11) is 1.61. The number of para-hydroxylation sites is 1. The molecule has 1 heterocycles. The largest absolute Gasteiger partial charge is 0.477 e. The van der Waals surface area contributed by atoms with Crippen molar-refractivity contribution in [3.05, 3.63) is 41.1 Å². The van der Waals surface area contributed by atoms with E-state index in [-0.39, 0.29) is 18.1 Å². The van der Waals surface area contributed by atoms with Crippen LogP contribution in [0.3, 0.4) is 0 Å². The van der Waals surface area contributed by atoms with Crippen LogP contribution < -0.4 is 4.74 Å². The number of aromatic nitrogens is 2. The van der Waals surface area contributed by atoms with Gasteiger partial charge in [0.05, 0.1) is 12.3 Å². The van der Waals surface area contributed by atoms with Gasteiger partial charge in [-0.3, -0.25) is 0 Å². The van der Waals surface area contributed by atoms with Gasteiger partial charge in [0.2, 0.25) is 5.88 Å². The highest BCUT2D eigenvalue weighted by Gasteiger charge is 2.22. The van der Waals surface area contributed by atoms with Crippen LogP contribution in [0.25, 0.3) is 0 Å². The Bertz CT molecular complexity index is 619. The Morgan fingerprint density at radius 3 is 2.74 bits per heavy atom. The standard InChI is InChI=1S/C13H14N2O4/c1-8-11(13(17)18)12(15(2)14-8)19-10-6-4-3-5-9(10)7-16/h3-6,16H,7H2,1-2H3,(H,17,18). The second-order valence-electron chi connectivity index (χ2n) is 4.06. The fourth-order valence-corrected chi connectivity index (χ4v) is 1.84. The summed E-state index contributed by atoms with van der Waals surface area (Å²) in [4.78, 5) is 11.2. The molecule has 6 heteroatoms. The molecule has 1 aromatic carbocycles. The molecular formula is C13H14N2O4. The summed E-state index contributed by atoms with van der Waals surface area (Å²) < 4.78 is 6.97. The first-order valence-corrected chi connectivity index (χ1v) is 5.68. The molecule has 0 saturated heterocycles. The van der Waals surface area contributed by atoms with E-state index in [1.54, 1.807) is 38.2 Å². The highest BCUT2D eigenvalue weighted by Crippen LogP contribution is 2.29. The molecule has 2 rings (SSSR count). The maximum absolute atomic E-state index is 11.2. The normalized spacial score (nSPS) is 10.5. The SMILES string of the molecule is Cc1nn(C)c(Oc2ccccc2CO)c1C(=O)O. The van der Waals surface area contributed by atoms with Crippen molar-refractivity contribution in [1.82, 2.24) is 9.78 Å². The third-order valence-electron chi connectivity index (χ3n) is 2.73. The summed E-state index contributed by atoms with van der Waals surface area (Å²) in [5.74, 6) is -0.538. The molecule has 0 amide bonds. The van der Waals surface area contributed by atoms with Crippen LogP contribution in [-0.2, 0) is 13.7 Å². The number of carboxylic acid groups (broad SMARTS) is 1. The Labute approximate surface area is 109 Å². The van der Waals surface area contributed by atoms with Crippen LogP contribution in [0.4, 0.5) is 0 Å². The second kappa shape index (κ2) is 5.11. The number of nitrogens with zero attached hydrogens (tertiary/aromatic N) is 2. The van der Waals surface area contributed by atoms with Crippen LogP contribution in [0.1, 0.15) is 21.6 Å². The molecule has 19 heavy (non-hydrogen) atoms. The van der Waals surface area contributed by atoms with Gasteiger partial charge in [0.15, 0.2) is 0 Å². The van der Waals surface area contributed by atoms with Gasteiger partial charge in [-0.25, -0.2) is 9.48 Å². The number of aromatic carboxylic acids is 1. The lowest BCUT2D eigenvalue weighted by atomic mass is 10.2. The topological polar surface area (TPSA) is 84.6 Å². The van der Waals surface area contributed by atoms with Crippen molar-refractivity contribution >= 4 is 5.97 Å². The molecule has 6 nitrogen and oxygen atoms in total. The minimum atomic E-state index is -1.10. The van der Waals surface area contributed by atoms with Crippen molar-refractivity contribution in [3.8, 4) is 11.6 Å². The summed E-state index contributed by atoms with van der Waals surface area (Å²) >= 11 is 0. The highest BCUT2D eigenvalue weighted by molar-refractivity contribution is 5.91. The van der Waals surface area contributed by atoms with E-state index >= 15 is 0 Å².